The third-order valence-electron chi connectivity index (χ3n) is 3.37. The van der Waals surface area contributed by atoms with Crippen molar-refractivity contribution in [1.29, 1.82) is 0 Å². The van der Waals surface area contributed by atoms with E-state index in [0.29, 0.717) is 0 Å². The molecule has 2 nitrogen and oxygen atoms in total. The van der Waals surface area contributed by atoms with Gasteiger partial charge in [0.05, 0.1) is 0 Å². The quantitative estimate of drug-likeness (QED) is 0.834. The SMILES string of the molecule is CNCCc1c(C)c2cc(C)ccc2n1C. The molecule has 0 aliphatic heterocycles. The maximum absolute atomic E-state index is 3.21. The van der Waals surface area contributed by atoms with E-state index in [1.165, 1.54) is 27.7 Å². The number of nitrogens with zero attached hydrogens (tertiary/aromatic N) is 1. The Balaban J connectivity index is 2.57. The first-order valence-electron chi connectivity index (χ1n) is 5.84. The number of aromatic nitrogens is 1. The second-order valence-corrected chi connectivity index (χ2v) is 4.50. The summed E-state index contributed by atoms with van der Waals surface area (Å²) < 4.78 is 2.32. The molecule has 2 heteroatoms. The van der Waals surface area contributed by atoms with Gasteiger partial charge in [0.1, 0.15) is 0 Å². The normalized spacial score (nSPS) is 11.2. The molecule has 1 aromatic heterocycles. The first-order chi connectivity index (χ1) is 7.65. The topological polar surface area (TPSA) is 17.0 Å². The zero-order chi connectivity index (χ0) is 11.7. The van der Waals surface area contributed by atoms with Gasteiger partial charge in [-0.05, 0) is 38.6 Å². The molecule has 0 atom stereocenters. The van der Waals surface area contributed by atoms with Crippen molar-refractivity contribution in [3.63, 3.8) is 0 Å². The molecule has 1 N–H and O–H groups in total. The van der Waals surface area contributed by atoms with Crippen LogP contribution in [-0.2, 0) is 13.5 Å². The van der Waals surface area contributed by atoms with Crippen molar-refractivity contribution in [2.45, 2.75) is 20.3 Å². The first kappa shape index (κ1) is 11.2. The fraction of sp³-hybridized carbons (Fsp3) is 0.429. The fourth-order valence-corrected chi connectivity index (χ4v) is 2.39. The summed E-state index contributed by atoms with van der Waals surface area (Å²) in [4.78, 5) is 0. The van der Waals surface area contributed by atoms with Gasteiger partial charge in [-0.2, -0.15) is 0 Å². The molecule has 0 aliphatic carbocycles. The molecule has 0 fully saturated rings. The minimum absolute atomic E-state index is 1.03. The molecule has 2 aromatic rings. The van der Waals surface area contributed by atoms with E-state index < -0.39 is 0 Å². The fourth-order valence-electron chi connectivity index (χ4n) is 2.39. The number of benzene rings is 1. The average molecular weight is 216 g/mol. The monoisotopic (exact) mass is 216 g/mol. The van der Waals surface area contributed by atoms with Crippen LogP contribution < -0.4 is 5.32 Å². The lowest BCUT2D eigenvalue weighted by atomic mass is 10.1. The molecule has 0 unspecified atom stereocenters. The van der Waals surface area contributed by atoms with E-state index in [9.17, 15) is 0 Å². The summed E-state index contributed by atoms with van der Waals surface area (Å²) in [7, 11) is 4.16. The molecule has 0 radical (unpaired) electrons. The highest BCUT2D eigenvalue weighted by Crippen LogP contribution is 2.25. The highest BCUT2D eigenvalue weighted by molar-refractivity contribution is 5.85. The van der Waals surface area contributed by atoms with Crippen LogP contribution in [0.4, 0.5) is 0 Å². The van der Waals surface area contributed by atoms with Crippen LogP contribution >= 0.6 is 0 Å². The van der Waals surface area contributed by atoms with Crippen LogP contribution in [-0.4, -0.2) is 18.2 Å². The molecule has 0 amide bonds. The van der Waals surface area contributed by atoms with Gasteiger partial charge >= 0.3 is 0 Å². The second kappa shape index (κ2) is 4.30. The zero-order valence-electron chi connectivity index (χ0n) is 10.6. The summed E-state index contributed by atoms with van der Waals surface area (Å²) in [6.07, 6.45) is 1.09. The van der Waals surface area contributed by atoms with Gasteiger partial charge in [0, 0.05) is 36.6 Å². The Kier molecular flexibility index (Phi) is 3.01. The van der Waals surface area contributed by atoms with Crippen LogP contribution in [0, 0.1) is 13.8 Å². The number of nitrogens with one attached hydrogen (secondary N) is 1. The molecule has 0 aliphatic rings. The summed E-state index contributed by atoms with van der Waals surface area (Å²) in [5, 5.41) is 4.61. The molecule has 16 heavy (non-hydrogen) atoms. The van der Waals surface area contributed by atoms with E-state index >= 15 is 0 Å². The van der Waals surface area contributed by atoms with Gasteiger partial charge < -0.3 is 9.88 Å². The number of likely N-dealkylation sites (N-methyl/N-ethyl adjacent to an activating group) is 1. The molecule has 0 saturated heterocycles. The van der Waals surface area contributed by atoms with Gasteiger partial charge in [0.2, 0.25) is 0 Å². The highest BCUT2D eigenvalue weighted by Gasteiger charge is 2.10. The predicted molar refractivity (Wildman–Crippen MR) is 70.0 cm³/mol. The van der Waals surface area contributed by atoms with E-state index in [2.05, 4.69) is 49.0 Å². The third-order valence-corrected chi connectivity index (χ3v) is 3.37. The van der Waals surface area contributed by atoms with Crippen molar-refractivity contribution in [2.24, 2.45) is 7.05 Å². The molecule has 2 rings (SSSR count). The molecule has 1 aromatic carbocycles. The lowest BCUT2D eigenvalue weighted by Crippen LogP contribution is -2.12. The Morgan fingerprint density at radius 2 is 2.00 bits per heavy atom. The summed E-state index contributed by atoms with van der Waals surface area (Å²) >= 11 is 0. The Morgan fingerprint density at radius 1 is 1.25 bits per heavy atom. The molecule has 0 saturated carbocycles. The summed E-state index contributed by atoms with van der Waals surface area (Å²) in [5.41, 5.74) is 5.54. The van der Waals surface area contributed by atoms with Crippen molar-refractivity contribution in [1.82, 2.24) is 9.88 Å². The van der Waals surface area contributed by atoms with Crippen molar-refractivity contribution in [3.8, 4) is 0 Å². The van der Waals surface area contributed by atoms with Crippen molar-refractivity contribution in [2.75, 3.05) is 13.6 Å². The van der Waals surface area contributed by atoms with Crippen LogP contribution in [0.5, 0.6) is 0 Å². The summed E-state index contributed by atoms with van der Waals surface area (Å²) in [6.45, 7) is 5.41. The predicted octanol–water partition coefficient (Wildman–Crippen LogP) is 2.56. The lowest BCUT2D eigenvalue weighted by Gasteiger charge is -2.04. The van der Waals surface area contributed by atoms with Crippen molar-refractivity contribution >= 4 is 10.9 Å². The van der Waals surface area contributed by atoms with Gasteiger partial charge in [0.15, 0.2) is 0 Å². The number of hydrogen-bond donors (Lipinski definition) is 1. The number of hydrogen-bond acceptors (Lipinski definition) is 1. The Bertz CT molecular complexity index is 509. The molecule has 86 valence electrons. The minimum atomic E-state index is 1.03. The van der Waals surface area contributed by atoms with E-state index in [1.807, 2.05) is 7.05 Å². The zero-order valence-corrected chi connectivity index (χ0v) is 10.6. The molecule has 0 bridgehead atoms. The molecular weight excluding hydrogens is 196 g/mol. The Hall–Kier alpha value is -1.28. The van der Waals surface area contributed by atoms with E-state index in [-0.39, 0.29) is 0 Å². The van der Waals surface area contributed by atoms with Gasteiger partial charge in [-0.1, -0.05) is 11.6 Å². The maximum atomic E-state index is 3.21. The van der Waals surface area contributed by atoms with Crippen LogP contribution in [0.2, 0.25) is 0 Å². The van der Waals surface area contributed by atoms with E-state index in [4.69, 9.17) is 0 Å². The van der Waals surface area contributed by atoms with Crippen LogP contribution in [0.3, 0.4) is 0 Å². The Morgan fingerprint density at radius 3 is 2.69 bits per heavy atom. The second-order valence-electron chi connectivity index (χ2n) is 4.50. The molecule has 0 spiro atoms. The average Bonchev–Trinajstić information content (AvgIpc) is 2.50. The van der Waals surface area contributed by atoms with Crippen molar-refractivity contribution in [3.05, 3.63) is 35.0 Å². The first-order valence-corrected chi connectivity index (χ1v) is 5.84. The Labute approximate surface area is 97.3 Å². The third kappa shape index (κ3) is 1.74. The standard InChI is InChI=1S/C14H20N2/c1-10-5-6-14-12(9-10)11(2)13(16(14)4)7-8-15-3/h5-6,9,15H,7-8H2,1-4H3. The van der Waals surface area contributed by atoms with E-state index in [1.54, 1.807) is 0 Å². The van der Waals surface area contributed by atoms with Crippen LogP contribution in [0.25, 0.3) is 10.9 Å². The largest absolute Gasteiger partial charge is 0.347 e. The van der Waals surface area contributed by atoms with Gasteiger partial charge in [0.25, 0.3) is 0 Å². The summed E-state index contributed by atoms with van der Waals surface area (Å²) in [6, 6.07) is 6.69. The van der Waals surface area contributed by atoms with Crippen LogP contribution in [0.15, 0.2) is 18.2 Å². The van der Waals surface area contributed by atoms with Gasteiger partial charge in [-0.3, -0.25) is 0 Å². The molecular formula is C14H20N2. The van der Waals surface area contributed by atoms with Crippen LogP contribution in [0.1, 0.15) is 16.8 Å². The van der Waals surface area contributed by atoms with Crippen molar-refractivity contribution < 1.29 is 0 Å². The van der Waals surface area contributed by atoms with Gasteiger partial charge in [-0.15, -0.1) is 0 Å². The van der Waals surface area contributed by atoms with Gasteiger partial charge in [-0.25, -0.2) is 0 Å². The molecule has 1 heterocycles. The number of rotatable bonds is 3. The van der Waals surface area contributed by atoms with E-state index in [0.717, 1.165) is 13.0 Å². The maximum Gasteiger partial charge on any atom is 0.0482 e. The summed E-state index contributed by atoms with van der Waals surface area (Å²) in [5.74, 6) is 0. The highest BCUT2D eigenvalue weighted by atomic mass is 15.0. The minimum Gasteiger partial charge on any atom is -0.347 e. The number of fused-ring (bicyclic) bond motifs is 1. The smallest absolute Gasteiger partial charge is 0.0482 e. The lowest BCUT2D eigenvalue weighted by molar-refractivity contribution is 0.742. The number of aryl methyl sites for hydroxylation is 3.